The highest BCUT2D eigenvalue weighted by Crippen LogP contribution is 2.35. The minimum atomic E-state index is -0.326. The molecule has 0 saturated carbocycles. The predicted molar refractivity (Wildman–Crippen MR) is 137 cm³/mol. The second kappa shape index (κ2) is 10.7. The molecule has 4 N–H and O–H groups in total. The van der Waals surface area contributed by atoms with Gasteiger partial charge in [0.25, 0.3) is 11.8 Å². The summed E-state index contributed by atoms with van der Waals surface area (Å²) in [5, 5.41) is 8.80. The van der Waals surface area contributed by atoms with Crippen LogP contribution in [0.5, 0.6) is 5.75 Å². The number of nitrogens with one attached hydrogen (secondary N) is 4. The first-order valence-corrected chi connectivity index (χ1v) is 11.6. The fourth-order valence-corrected chi connectivity index (χ4v) is 3.86. The van der Waals surface area contributed by atoms with E-state index in [0.29, 0.717) is 41.5 Å². The van der Waals surface area contributed by atoms with Crippen molar-refractivity contribution in [1.82, 2.24) is 20.3 Å². The molecule has 0 atom stereocenters. The van der Waals surface area contributed by atoms with E-state index in [2.05, 4.69) is 30.9 Å². The Kier molecular flexibility index (Phi) is 6.89. The van der Waals surface area contributed by atoms with Crippen LogP contribution in [0.1, 0.15) is 27.2 Å². The molecule has 10 heteroatoms. The molecular weight excluding hydrogens is 475 g/mol. The lowest BCUT2D eigenvalue weighted by Crippen LogP contribution is -2.25. The molecule has 0 saturated heterocycles. The molecule has 5 rings (SSSR count). The topological polar surface area (TPSA) is 121 Å². The van der Waals surface area contributed by atoms with Gasteiger partial charge in [0.15, 0.2) is 0 Å². The molecule has 2 aromatic heterocycles. The number of amides is 2. The number of benzene rings is 2. The largest absolute Gasteiger partial charge is 0.492 e. The molecule has 2 aromatic carbocycles. The lowest BCUT2D eigenvalue weighted by molar-refractivity contribution is -0.110. The zero-order valence-corrected chi connectivity index (χ0v) is 19.6. The fourth-order valence-electron chi connectivity index (χ4n) is 3.86. The molecule has 1 aliphatic rings. The second-order valence-corrected chi connectivity index (χ2v) is 8.21. The highest BCUT2D eigenvalue weighted by atomic mass is 19.1. The van der Waals surface area contributed by atoms with E-state index in [1.165, 1.54) is 12.1 Å². The van der Waals surface area contributed by atoms with Gasteiger partial charge in [0.2, 0.25) is 0 Å². The fraction of sp³-hybridized carbons (Fsp3) is 0.111. The summed E-state index contributed by atoms with van der Waals surface area (Å²) in [6.45, 7) is 0.963. The molecule has 3 heterocycles. The molecule has 0 aliphatic carbocycles. The molecule has 0 spiro atoms. The van der Waals surface area contributed by atoms with Crippen molar-refractivity contribution >= 4 is 35.0 Å². The first-order chi connectivity index (χ1) is 18.1. The van der Waals surface area contributed by atoms with Crippen molar-refractivity contribution in [2.45, 2.75) is 6.54 Å². The number of H-pyrrole nitrogens is 1. The molecule has 1 aliphatic heterocycles. The zero-order chi connectivity index (χ0) is 25.6. The van der Waals surface area contributed by atoms with E-state index in [9.17, 15) is 14.0 Å². The monoisotopic (exact) mass is 498 g/mol. The van der Waals surface area contributed by atoms with Crippen LogP contribution in [0.2, 0.25) is 0 Å². The van der Waals surface area contributed by atoms with E-state index in [-0.39, 0.29) is 24.2 Å². The minimum Gasteiger partial charge on any atom is -0.492 e. The number of carbonyl (C=O) groups excluding carboxylic acids is 2. The van der Waals surface area contributed by atoms with Crippen LogP contribution >= 0.6 is 0 Å². The van der Waals surface area contributed by atoms with Gasteiger partial charge in [0.1, 0.15) is 24.0 Å². The maximum absolute atomic E-state index is 13.1. The van der Waals surface area contributed by atoms with E-state index in [1.54, 1.807) is 61.2 Å². The van der Waals surface area contributed by atoms with Gasteiger partial charge in [-0.25, -0.2) is 14.4 Å². The number of aromatic nitrogens is 3. The number of hydrogen-bond donors (Lipinski definition) is 4. The SMILES string of the molecule is O=C1Nc2cc(OCCNc3ncccc3C(=O)NCc3ccc(F)cc3)ccc2C1=Cc1cnc[nH]1. The molecule has 37 heavy (non-hydrogen) atoms. The molecule has 4 aromatic rings. The van der Waals surface area contributed by atoms with Gasteiger partial charge >= 0.3 is 0 Å². The van der Waals surface area contributed by atoms with Crippen molar-refractivity contribution in [2.24, 2.45) is 0 Å². The summed E-state index contributed by atoms with van der Waals surface area (Å²) in [5.74, 6) is 0.213. The summed E-state index contributed by atoms with van der Waals surface area (Å²) in [6, 6.07) is 14.7. The Balaban J connectivity index is 1.16. The van der Waals surface area contributed by atoms with Crippen LogP contribution in [-0.2, 0) is 11.3 Å². The van der Waals surface area contributed by atoms with E-state index >= 15 is 0 Å². The highest BCUT2D eigenvalue weighted by molar-refractivity contribution is 6.34. The number of nitrogens with zero attached hydrogens (tertiary/aromatic N) is 2. The molecule has 0 unspecified atom stereocenters. The first kappa shape index (κ1) is 23.7. The molecule has 2 amide bonds. The Labute approximate surface area is 211 Å². The van der Waals surface area contributed by atoms with Gasteiger partial charge in [0, 0.05) is 24.4 Å². The van der Waals surface area contributed by atoms with Gasteiger partial charge < -0.3 is 25.7 Å². The number of aromatic amines is 1. The van der Waals surface area contributed by atoms with Crippen molar-refractivity contribution in [3.63, 3.8) is 0 Å². The number of imidazole rings is 1. The lowest BCUT2D eigenvalue weighted by Gasteiger charge is -2.12. The third-order valence-corrected chi connectivity index (χ3v) is 5.68. The number of rotatable bonds is 9. The van der Waals surface area contributed by atoms with Gasteiger partial charge in [0.05, 0.1) is 41.6 Å². The Bertz CT molecular complexity index is 1450. The number of carbonyl (C=O) groups is 2. The molecular formula is C27H23FN6O3. The van der Waals surface area contributed by atoms with Gasteiger partial charge in [-0.2, -0.15) is 0 Å². The summed E-state index contributed by atoms with van der Waals surface area (Å²) in [5.41, 5.74) is 3.92. The number of hydrogen-bond acceptors (Lipinski definition) is 6. The smallest absolute Gasteiger partial charge is 0.256 e. The maximum Gasteiger partial charge on any atom is 0.256 e. The van der Waals surface area contributed by atoms with Gasteiger partial charge in [-0.1, -0.05) is 12.1 Å². The molecule has 9 nitrogen and oxygen atoms in total. The van der Waals surface area contributed by atoms with Crippen LogP contribution < -0.4 is 20.7 Å². The van der Waals surface area contributed by atoms with E-state index < -0.39 is 0 Å². The molecule has 0 fully saturated rings. The Morgan fingerprint density at radius 3 is 2.81 bits per heavy atom. The third kappa shape index (κ3) is 5.64. The normalized spacial score (nSPS) is 13.2. The maximum atomic E-state index is 13.1. The van der Waals surface area contributed by atoms with Crippen LogP contribution in [0.25, 0.3) is 11.6 Å². The lowest BCUT2D eigenvalue weighted by atomic mass is 10.1. The number of pyridine rings is 1. The van der Waals surface area contributed by atoms with Crippen molar-refractivity contribution in [2.75, 3.05) is 23.8 Å². The van der Waals surface area contributed by atoms with Crippen LogP contribution in [0.15, 0.2) is 73.3 Å². The van der Waals surface area contributed by atoms with Crippen molar-refractivity contribution < 1.29 is 18.7 Å². The average molecular weight is 499 g/mol. The van der Waals surface area contributed by atoms with E-state index in [1.807, 2.05) is 6.07 Å². The highest BCUT2D eigenvalue weighted by Gasteiger charge is 2.24. The molecule has 186 valence electrons. The summed E-state index contributed by atoms with van der Waals surface area (Å²) in [6.07, 6.45) is 6.54. The molecule has 0 radical (unpaired) electrons. The quantitative estimate of drug-likeness (QED) is 0.205. The van der Waals surface area contributed by atoms with Gasteiger partial charge in [-0.3, -0.25) is 9.59 Å². The van der Waals surface area contributed by atoms with Crippen molar-refractivity contribution in [3.05, 3.63) is 102 Å². The van der Waals surface area contributed by atoms with Crippen molar-refractivity contribution in [1.29, 1.82) is 0 Å². The second-order valence-electron chi connectivity index (χ2n) is 8.21. The number of halogens is 1. The van der Waals surface area contributed by atoms with E-state index in [4.69, 9.17) is 4.74 Å². The van der Waals surface area contributed by atoms with Crippen molar-refractivity contribution in [3.8, 4) is 5.75 Å². The standard InChI is InChI=1S/C27H23FN6O3/c28-18-5-3-17(4-6-18)14-32-26(35)22-2-1-9-30-25(22)31-10-11-37-20-7-8-21-23(12-19-15-29-16-33-19)27(36)34-24(21)13-20/h1-9,12-13,15-16H,10-11,14H2,(H,29,33)(H,30,31)(H,32,35)(H,34,36). The summed E-state index contributed by atoms with van der Waals surface area (Å²) < 4.78 is 18.9. The Hall–Kier alpha value is -4.99. The van der Waals surface area contributed by atoms with E-state index in [0.717, 1.165) is 16.8 Å². The Morgan fingerprint density at radius 1 is 1.14 bits per heavy atom. The third-order valence-electron chi connectivity index (χ3n) is 5.68. The first-order valence-electron chi connectivity index (χ1n) is 11.6. The van der Waals surface area contributed by atoms with Crippen LogP contribution in [0, 0.1) is 5.82 Å². The van der Waals surface area contributed by atoms with Crippen LogP contribution in [0.3, 0.4) is 0 Å². The van der Waals surface area contributed by atoms with Crippen LogP contribution in [-0.4, -0.2) is 39.9 Å². The summed E-state index contributed by atoms with van der Waals surface area (Å²) in [7, 11) is 0. The Morgan fingerprint density at radius 2 is 2.00 bits per heavy atom. The zero-order valence-electron chi connectivity index (χ0n) is 19.6. The summed E-state index contributed by atoms with van der Waals surface area (Å²) in [4.78, 5) is 36.3. The summed E-state index contributed by atoms with van der Waals surface area (Å²) >= 11 is 0. The minimum absolute atomic E-state index is 0.191. The molecule has 0 bridgehead atoms. The number of ether oxygens (including phenoxy) is 1. The predicted octanol–water partition coefficient (Wildman–Crippen LogP) is 3.86. The number of fused-ring (bicyclic) bond motifs is 1. The van der Waals surface area contributed by atoms with Gasteiger partial charge in [-0.05, 0) is 48.0 Å². The average Bonchev–Trinajstić information content (AvgIpc) is 3.54. The number of anilines is 2. The van der Waals surface area contributed by atoms with Gasteiger partial charge in [-0.15, -0.1) is 0 Å². The van der Waals surface area contributed by atoms with Crippen LogP contribution in [0.4, 0.5) is 15.9 Å².